The lowest BCUT2D eigenvalue weighted by molar-refractivity contribution is 0.361. The Bertz CT molecular complexity index is 839. The lowest BCUT2D eigenvalue weighted by Gasteiger charge is -2.21. The van der Waals surface area contributed by atoms with Crippen LogP contribution in [-0.4, -0.2) is 11.6 Å². The summed E-state index contributed by atoms with van der Waals surface area (Å²) in [6.45, 7) is 4.10. The Morgan fingerprint density at radius 3 is 2.88 bits per heavy atom. The van der Waals surface area contributed by atoms with E-state index >= 15 is 0 Å². The molecule has 0 saturated carbocycles. The average molecular weight is 384 g/mol. The summed E-state index contributed by atoms with van der Waals surface area (Å²) >= 11 is 3.55. The van der Waals surface area contributed by atoms with Gasteiger partial charge in [-0.2, -0.15) is 5.26 Å². The van der Waals surface area contributed by atoms with Gasteiger partial charge in [0, 0.05) is 11.3 Å². The normalized spacial score (nSPS) is 13.0. The molecule has 0 fully saturated rings. The van der Waals surface area contributed by atoms with E-state index in [0.717, 1.165) is 58.3 Å². The zero-order chi connectivity index (χ0) is 17.1. The molecular weight excluding hydrogens is 366 g/mol. The molecule has 1 aliphatic rings. The minimum absolute atomic E-state index is 0.316. The number of anilines is 1. The average Bonchev–Trinajstić information content (AvgIpc) is 2.59. The fourth-order valence-electron chi connectivity index (χ4n) is 3.12. The first-order valence-corrected chi connectivity index (χ1v) is 8.70. The van der Waals surface area contributed by atoms with Crippen LogP contribution in [0.4, 0.5) is 5.82 Å². The van der Waals surface area contributed by atoms with Crippen LogP contribution >= 0.6 is 15.9 Å². The summed E-state index contributed by atoms with van der Waals surface area (Å²) in [5.41, 5.74) is 10.5. The molecule has 0 saturated heterocycles. The molecule has 3 rings (SSSR count). The van der Waals surface area contributed by atoms with Gasteiger partial charge in [0.15, 0.2) is 0 Å². The summed E-state index contributed by atoms with van der Waals surface area (Å²) in [5, 5.41) is 9.58. The summed E-state index contributed by atoms with van der Waals surface area (Å²) in [7, 11) is 0. The van der Waals surface area contributed by atoms with Crippen molar-refractivity contribution in [1.82, 2.24) is 4.98 Å². The van der Waals surface area contributed by atoms with E-state index in [-0.39, 0.29) is 0 Å². The van der Waals surface area contributed by atoms with Crippen molar-refractivity contribution in [2.75, 3.05) is 12.3 Å². The Balaban J connectivity index is 2.15. The molecule has 24 heavy (non-hydrogen) atoms. The second-order valence-electron chi connectivity index (χ2n) is 5.74. The second kappa shape index (κ2) is 7.06. The number of fused-ring (bicyclic) bond motifs is 1. The minimum Gasteiger partial charge on any atom is -0.488 e. The highest BCUT2D eigenvalue weighted by Gasteiger charge is 2.22. The topological polar surface area (TPSA) is 71.9 Å². The van der Waals surface area contributed by atoms with Crippen molar-refractivity contribution >= 4 is 21.7 Å². The first-order chi connectivity index (χ1) is 11.7. The number of nitrogen functional groups attached to an aromatic ring is 1. The van der Waals surface area contributed by atoms with Gasteiger partial charge < -0.3 is 10.5 Å². The summed E-state index contributed by atoms with van der Waals surface area (Å²) in [6.07, 6.45) is 5.77. The minimum atomic E-state index is 0.316. The van der Waals surface area contributed by atoms with Crippen molar-refractivity contribution in [3.8, 4) is 22.9 Å². The number of aromatic nitrogens is 1. The second-order valence-corrected chi connectivity index (χ2v) is 6.59. The zero-order valence-corrected chi connectivity index (χ0v) is 14.9. The predicted octanol–water partition coefficient (Wildman–Crippen LogP) is 4.41. The largest absolute Gasteiger partial charge is 0.488 e. The first-order valence-electron chi connectivity index (χ1n) is 7.90. The Labute approximate surface area is 150 Å². The number of aryl methyl sites for hydroxylation is 1. The molecule has 0 unspecified atom stereocenters. The molecule has 5 heteroatoms. The van der Waals surface area contributed by atoms with Gasteiger partial charge in [-0.3, -0.25) is 0 Å². The zero-order valence-electron chi connectivity index (χ0n) is 13.3. The number of hydrogen-bond acceptors (Lipinski definition) is 4. The lowest BCUT2D eigenvalue weighted by Crippen LogP contribution is -2.11. The summed E-state index contributed by atoms with van der Waals surface area (Å²) < 4.78 is 6.44. The van der Waals surface area contributed by atoms with Gasteiger partial charge in [0.25, 0.3) is 0 Å². The van der Waals surface area contributed by atoms with Crippen LogP contribution in [0.2, 0.25) is 0 Å². The van der Waals surface area contributed by atoms with E-state index in [9.17, 15) is 5.26 Å². The van der Waals surface area contributed by atoms with Crippen LogP contribution in [0.1, 0.15) is 29.7 Å². The molecule has 0 aliphatic heterocycles. The van der Waals surface area contributed by atoms with Gasteiger partial charge >= 0.3 is 0 Å². The van der Waals surface area contributed by atoms with E-state index in [1.807, 2.05) is 18.2 Å². The van der Waals surface area contributed by atoms with Crippen molar-refractivity contribution in [2.45, 2.75) is 25.7 Å². The molecule has 0 spiro atoms. The van der Waals surface area contributed by atoms with Crippen molar-refractivity contribution in [1.29, 1.82) is 5.26 Å². The van der Waals surface area contributed by atoms with E-state index in [1.165, 1.54) is 0 Å². The van der Waals surface area contributed by atoms with Gasteiger partial charge in [0.1, 0.15) is 29.8 Å². The molecule has 2 N–H and O–H groups in total. The highest BCUT2D eigenvalue weighted by Crippen LogP contribution is 2.38. The van der Waals surface area contributed by atoms with Crippen LogP contribution in [0.25, 0.3) is 11.1 Å². The van der Waals surface area contributed by atoms with Gasteiger partial charge in [-0.1, -0.05) is 18.7 Å². The predicted molar refractivity (Wildman–Crippen MR) is 98.8 cm³/mol. The van der Waals surface area contributed by atoms with Crippen LogP contribution in [0, 0.1) is 11.3 Å². The quantitative estimate of drug-likeness (QED) is 0.793. The lowest BCUT2D eigenvalue weighted by atomic mass is 9.86. The number of rotatable bonds is 4. The van der Waals surface area contributed by atoms with Crippen LogP contribution in [0.3, 0.4) is 0 Å². The van der Waals surface area contributed by atoms with E-state index in [0.29, 0.717) is 18.0 Å². The molecule has 4 nitrogen and oxygen atoms in total. The van der Waals surface area contributed by atoms with E-state index < -0.39 is 0 Å². The molecule has 0 radical (unpaired) electrons. The molecular formula is C19H18BrN3O. The van der Waals surface area contributed by atoms with Crippen LogP contribution < -0.4 is 10.5 Å². The standard InChI is InChI=1S/C19H18BrN3O/c1-2-9-24-17-8-7-12(10-15(17)20)18-13-5-3-4-6-16(13)23-19(22)14(18)11-21/h2,7-8,10H,1,3-6,9H2,(H2,22,23). The number of pyridine rings is 1. The molecule has 0 amide bonds. The third kappa shape index (κ3) is 3.02. The number of halogens is 1. The summed E-state index contributed by atoms with van der Waals surface area (Å²) in [4.78, 5) is 4.46. The van der Waals surface area contributed by atoms with Crippen molar-refractivity contribution in [2.24, 2.45) is 0 Å². The van der Waals surface area contributed by atoms with Crippen LogP contribution in [-0.2, 0) is 12.8 Å². The number of nitrogens with zero attached hydrogens (tertiary/aromatic N) is 2. The number of benzene rings is 1. The fourth-order valence-corrected chi connectivity index (χ4v) is 3.61. The van der Waals surface area contributed by atoms with Crippen molar-refractivity contribution in [3.05, 3.63) is 52.1 Å². The Morgan fingerprint density at radius 1 is 1.38 bits per heavy atom. The molecule has 1 heterocycles. The summed E-state index contributed by atoms with van der Waals surface area (Å²) in [5.74, 6) is 1.06. The van der Waals surface area contributed by atoms with E-state index in [1.54, 1.807) is 6.08 Å². The van der Waals surface area contributed by atoms with Crippen molar-refractivity contribution in [3.63, 3.8) is 0 Å². The van der Waals surface area contributed by atoms with Gasteiger partial charge in [0.05, 0.1) is 4.47 Å². The van der Waals surface area contributed by atoms with E-state index in [2.05, 4.69) is 33.6 Å². The number of ether oxygens (including phenoxy) is 1. The van der Waals surface area contributed by atoms with Gasteiger partial charge in [-0.05, 0) is 64.9 Å². The Hall–Kier alpha value is -2.32. The monoisotopic (exact) mass is 383 g/mol. The SMILES string of the molecule is C=CCOc1ccc(-c2c(C#N)c(N)nc3c2CCCC3)cc1Br. The number of hydrogen-bond donors (Lipinski definition) is 1. The molecule has 0 atom stereocenters. The molecule has 1 aromatic carbocycles. The Morgan fingerprint density at radius 2 is 2.17 bits per heavy atom. The number of nitriles is 1. The van der Waals surface area contributed by atoms with Crippen molar-refractivity contribution < 1.29 is 4.74 Å². The first kappa shape index (κ1) is 16.5. The molecule has 122 valence electrons. The summed E-state index contributed by atoms with van der Waals surface area (Å²) in [6, 6.07) is 8.07. The van der Waals surface area contributed by atoms with Gasteiger partial charge in [0.2, 0.25) is 0 Å². The fraction of sp³-hybridized carbons (Fsp3) is 0.263. The molecule has 1 aromatic heterocycles. The van der Waals surface area contributed by atoms with Gasteiger partial charge in [-0.15, -0.1) is 0 Å². The third-order valence-corrected chi connectivity index (χ3v) is 4.81. The maximum Gasteiger partial charge on any atom is 0.142 e. The van der Waals surface area contributed by atoms with Crippen LogP contribution in [0.15, 0.2) is 35.3 Å². The maximum absolute atomic E-state index is 9.58. The molecule has 2 aromatic rings. The van der Waals surface area contributed by atoms with E-state index in [4.69, 9.17) is 10.5 Å². The number of nitrogens with two attached hydrogens (primary N) is 1. The van der Waals surface area contributed by atoms with Gasteiger partial charge in [-0.25, -0.2) is 4.98 Å². The van der Waals surface area contributed by atoms with Crippen LogP contribution in [0.5, 0.6) is 5.75 Å². The highest BCUT2D eigenvalue weighted by molar-refractivity contribution is 9.10. The smallest absolute Gasteiger partial charge is 0.142 e. The maximum atomic E-state index is 9.58. The Kier molecular flexibility index (Phi) is 4.86. The third-order valence-electron chi connectivity index (χ3n) is 4.19. The highest BCUT2D eigenvalue weighted by atomic mass is 79.9. The molecule has 0 bridgehead atoms. The molecule has 1 aliphatic carbocycles.